The number of nitrogens with one attached hydrogen (secondary N) is 1. The highest BCUT2D eigenvalue weighted by atomic mass is 32.1. The molecule has 1 aromatic heterocycles. The summed E-state index contributed by atoms with van der Waals surface area (Å²) in [6, 6.07) is 9.67. The number of amides is 2. The molecule has 0 aliphatic heterocycles. The molecule has 33 heavy (non-hydrogen) atoms. The van der Waals surface area contributed by atoms with E-state index in [0.29, 0.717) is 22.9 Å². The third-order valence-corrected chi connectivity index (χ3v) is 5.40. The van der Waals surface area contributed by atoms with Crippen molar-refractivity contribution in [2.75, 3.05) is 37.4 Å². The van der Waals surface area contributed by atoms with Crippen LogP contribution >= 0.6 is 11.3 Å². The van der Waals surface area contributed by atoms with E-state index in [2.05, 4.69) is 10.3 Å². The highest BCUT2D eigenvalue weighted by molar-refractivity contribution is 7.14. The van der Waals surface area contributed by atoms with E-state index < -0.39 is 22.7 Å². The van der Waals surface area contributed by atoms with Crippen molar-refractivity contribution in [2.45, 2.75) is 6.18 Å². The van der Waals surface area contributed by atoms with Gasteiger partial charge in [-0.2, -0.15) is 13.2 Å². The Labute approximate surface area is 191 Å². The number of aromatic nitrogens is 1. The molecule has 1 N–H and O–H groups in total. The maximum atomic E-state index is 13.0. The van der Waals surface area contributed by atoms with Crippen molar-refractivity contribution in [3.05, 3.63) is 69.6 Å². The molecule has 0 saturated heterocycles. The van der Waals surface area contributed by atoms with Crippen LogP contribution in [0.25, 0.3) is 11.3 Å². The highest BCUT2D eigenvalue weighted by Crippen LogP contribution is 2.32. The molecule has 0 fully saturated rings. The van der Waals surface area contributed by atoms with E-state index in [-0.39, 0.29) is 17.9 Å². The summed E-state index contributed by atoms with van der Waals surface area (Å²) in [6.07, 6.45) is -4.53. The normalized spacial score (nSPS) is 11.5. The average Bonchev–Trinajstić information content (AvgIpc) is 3.23. The molecule has 12 heteroatoms. The van der Waals surface area contributed by atoms with Gasteiger partial charge < -0.3 is 10.2 Å². The molecular formula is C21H20F3N5O3S. The Kier molecular flexibility index (Phi) is 7.29. The summed E-state index contributed by atoms with van der Waals surface area (Å²) in [5, 5.41) is 15.5. The van der Waals surface area contributed by atoms with Crippen LogP contribution in [-0.4, -0.2) is 48.0 Å². The molecule has 0 saturated carbocycles. The second-order valence-corrected chi connectivity index (χ2v) is 8.12. The Morgan fingerprint density at radius 1 is 1.15 bits per heavy atom. The number of anilines is 2. The number of likely N-dealkylation sites (N-methyl/N-ethyl adjacent to an activating group) is 1. The quantitative estimate of drug-likeness (QED) is 0.365. The molecule has 3 aromatic rings. The lowest BCUT2D eigenvalue weighted by Gasteiger charge is -2.22. The standard InChI is InChI=1S/C21H20F3N5O3S/c1-27(2)9-10-28(19(30)25-16-7-4-6-15(12-16)21(22,23)24)20-26-18(13-33-20)14-5-3-8-17(11-14)29(31)32/h3-8,11-13H,9-10H2,1-2H3,(H,25,30). The number of rotatable bonds is 7. The molecule has 1 heterocycles. The number of alkyl halides is 3. The number of thiazole rings is 1. The largest absolute Gasteiger partial charge is 0.416 e. The molecule has 174 valence electrons. The van der Waals surface area contributed by atoms with Crippen LogP contribution in [0.1, 0.15) is 5.56 Å². The topological polar surface area (TPSA) is 91.6 Å². The molecule has 0 atom stereocenters. The predicted molar refractivity (Wildman–Crippen MR) is 121 cm³/mol. The van der Waals surface area contributed by atoms with Gasteiger partial charge in [0.2, 0.25) is 0 Å². The monoisotopic (exact) mass is 479 g/mol. The van der Waals surface area contributed by atoms with Crippen molar-refractivity contribution in [1.29, 1.82) is 0 Å². The Balaban J connectivity index is 1.87. The number of hydrogen-bond donors (Lipinski definition) is 1. The molecule has 2 amide bonds. The third kappa shape index (κ3) is 6.26. The molecule has 0 radical (unpaired) electrons. The number of carbonyl (C=O) groups is 1. The van der Waals surface area contributed by atoms with Crippen LogP contribution in [0.5, 0.6) is 0 Å². The van der Waals surface area contributed by atoms with Crippen LogP contribution in [0.15, 0.2) is 53.9 Å². The van der Waals surface area contributed by atoms with Gasteiger partial charge in [-0.25, -0.2) is 9.78 Å². The SMILES string of the molecule is CN(C)CCN(C(=O)Nc1cccc(C(F)(F)F)c1)c1nc(-c2cccc([N+](=O)[O-])c2)cs1. The Hall–Kier alpha value is -3.51. The molecule has 8 nitrogen and oxygen atoms in total. The van der Waals surface area contributed by atoms with Crippen molar-refractivity contribution >= 4 is 33.9 Å². The van der Waals surface area contributed by atoms with Gasteiger partial charge in [0.15, 0.2) is 5.13 Å². The fourth-order valence-corrected chi connectivity index (χ4v) is 3.71. The van der Waals surface area contributed by atoms with E-state index in [0.717, 1.165) is 23.5 Å². The first-order chi connectivity index (χ1) is 15.5. The summed E-state index contributed by atoms with van der Waals surface area (Å²) in [6.45, 7) is 0.696. The van der Waals surface area contributed by atoms with E-state index in [1.807, 2.05) is 19.0 Å². The Morgan fingerprint density at radius 3 is 2.55 bits per heavy atom. The fourth-order valence-electron chi connectivity index (χ4n) is 2.85. The molecule has 3 rings (SSSR count). The molecule has 2 aromatic carbocycles. The first-order valence-corrected chi connectivity index (χ1v) is 10.5. The van der Waals surface area contributed by atoms with Crippen LogP contribution < -0.4 is 10.2 Å². The maximum absolute atomic E-state index is 13.0. The number of nitrogens with zero attached hydrogens (tertiary/aromatic N) is 4. The average molecular weight is 479 g/mol. The first kappa shape index (κ1) is 24.1. The van der Waals surface area contributed by atoms with E-state index in [4.69, 9.17) is 0 Å². The van der Waals surface area contributed by atoms with Crippen LogP contribution in [0.2, 0.25) is 0 Å². The van der Waals surface area contributed by atoms with Crippen molar-refractivity contribution in [2.24, 2.45) is 0 Å². The zero-order valence-electron chi connectivity index (χ0n) is 17.7. The van der Waals surface area contributed by atoms with Gasteiger partial charge in [-0.3, -0.25) is 15.0 Å². The van der Waals surface area contributed by atoms with Crippen molar-refractivity contribution < 1.29 is 22.9 Å². The van der Waals surface area contributed by atoms with Gasteiger partial charge >= 0.3 is 12.2 Å². The number of nitro benzene ring substituents is 1. The summed E-state index contributed by atoms with van der Waals surface area (Å²) in [5.74, 6) is 0. The van der Waals surface area contributed by atoms with Gasteiger partial charge in [0.1, 0.15) is 0 Å². The van der Waals surface area contributed by atoms with Crippen LogP contribution in [0, 0.1) is 10.1 Å². The molecule has 0 bridgehead atoms. The van der Waals surface area contributed by atoms with E-state index in [9.17, 15) is 28.1 Å². The van der Waals surface area contributed by atoms with Crippen molar-refractivity contribution in [3.63, 3.8) is 0 Å². The predicted octanol–water partition coefficient (Wildman–Crippen LogP) is 5.34. The lowest BCUT2D eigenvalue weighted by Crippen LogP contribution is -2.39. The van der Waals surface area contributed by atoms with Crippen molar-refractivity contribution in [3.8, 4) is 11.3 Å². The Bertz CT molecular complexity index is 1150. The lowest BCUT2D eigenvalue weighted by atomic mass is 10.1. The first-order valence-electron chi connectivity index (χ1n) is 9.65. The number of nitro groups is 1. The Morgan fingerprint density at radius 2 is 1.88 bits per heavy atom. The molecular weight excluding hydrogens is 459 g/mol. The van der Waals surface area contributed by atoms with Crippen molar-refractivity contribution in [1.82, 2.24) is 9.88 Å². The van der Waals surface area contributed by atoms with Crippen LogP contribution in [0.4, 0.5) is 34.5 Å². The molecule has 0 aliphatic rings. The van der Waals surface area contributed by atoms with E-state index >= 15 is 0 Å². The van der Waals surface area contributed by atoms with Crippen LogP contribution in [-0.2, 0) is 6.18 Å². The summed E-state index contributed by atoms with van der Waals surface area (Å²) >= 11 is 1.15. The number of non-ortho nitro benzene ring substituents is 1. The molecule has 0 spiro atoms. The van der Waals surface area contributed by atoms with Gasteiger partial charge in [0.05, 0.1) is 16.2 Å². The number of halogens is 3. The number of carbonyl (C=O) groups excluding carboxylic acids is 1. The maximum Gasteiger partial charge on any atom is 0.416 e. The minimum absolute atomic E-state index is 0.000131. The number of benzene rings is 2. The summed E-state index contributed by atoms with van der Waals surface area (Å²) in [7, 11) is 3.64. The molecule has 0 aliphatic carbocycles. The van der Waals surface area contributed by atoms with Gasteiger partial charge in [-0.05, 0) is 32.3 Å². The highest BCUT2D eigenvalue weighted by Gasteiger charge is 2.30. The fraction of sp³-hybridized carbons (Fsp3) is 0.238. The van der Waals surface area contributed by atoms with Gasteiger partial charge in [-0.1, -0.05) is 18.2 Å². The number of hydrogen-bond acceptors (Lipinski definition) is 6. The zero-order valence-corrected chi connectivity index (χ0v) is 18.5. The van der Waals surface area contributed by atoms with Gasteiger partial charge in [0.25, 0.3) is 5.69 Å². The van der Waals surface area contributed by atoms with E-state index in [1.54, 1.807) is 11.4 Å². The molecule has 0 unspecified atom stereocenters. The summed E-state index contributed by atoms with van der Waals surface area (Å²) in [4.78, 5) is 31.1. The minimum atomic E-state index is -4.53. The third-order valence-electron chi connectivity index (χ3n) is 4.53. The lowest BCUT2D eigenvalue weighted by molar-refractivity contribution is -0.384. The zero-order chi connectivity index (χ0) is 24.2. The summed E-state index contributed by atoms with van der Waals surface area (Å²) in [5.41, 5.74) is -0.00531. The second-order valence-electron chi connectivity index (χ2n) is 7.29. The second kappa shape index (κ2) is 9.96. The minimum Gasteiger partial charge on any atom is -0.308 e. The number of urea groups is 1. The van der Waals surface area contributed by atoms with Crippen LogP contribution in [0.3, 0.4) is 0 Å². The van der Waals surface area contributed by atoms with Gasteiger partial charge in [0, 0.05) is 41.9 Å². The van der Waals surface area contributed by atoms with E-state index in [1.165, 1.54) is 35.2 Å². The summed E-state index contributed by atoms with van der Waals surface area (Å²) < 4.78 is 39.0. The van der Waals surface area contributed by atoms with Gasteiger partial charge in [-0.15, -0.1) is 11.3 Å². The smallest absolute Gasteiger partial charge is 0.308 e.